The van der Waals surface area contributed by atoms with E-state index in [0.717, 1.165) is 25.9 Å². The first-order chi connectivity index (χ1) is 12.8. The van der Waals surface area contributed by atoms with Crippen molar-refractivity contribution in [1.82, 2.24) is 19.2 Å². The molecule has 0 amide bonds. The number of rotatable bonds is 4. The highest BCUT2D eigenvalue weighted by atomic mass is 32.2. The molecule has 27 heavy (non-hydrogen) atoms. The summed E-state index contributed by atoms with van der Waals surface area (Å²) in [4.78, 5) is 25.2. The standard InChI is InChI=1S/C18H24N4O3S2/c1-12-5-6-13(26-12)10-21-8-3-4-16(21)17-19-15-11-22(27(2,24)25)9-7-14(15)18(23)20-17/h5-6,16H,3-4,7-11H2,1-2H3,(H,19,20,23). The average Bonchev–Trinajstić information content (AvgIpc) is 3.23. The van der Waals surface area contributed by atoms with Crippen molar-refractivity contribution in [2.45, 2.75) is 45.3 Å². The molecule has 0 aliphatic carbocycles. The van der Waals surface area contributed by atoms with E-state index in [4.69, 9.17) is 4.98 Å². The SMILES string of the molecule is Cc1ccc(CN2CCCC2c2nc3c(c(=O)[nH]2)CCN(S(C)(=O)=O)C3)s1. The van der Waals surface area contributed by atoms with Crippen LogP contribution in [0.5, 0.6) is 0 Å². The predicted octanol–water partition coefficient (Wildman–Crippen LogP) is 1.79. The third-order valence-electron chi connectivity index (χ3n) is 5.36. The molecule has 146 valence electrons. The summed E-state index contributed by atoms with van der Waals surface area (Å²) in [6.07, 6.45) is 3.62. The molecule has 2 aliphatic heterocycles. The van der Waals surface area contributed by atoms with Crippen LogP contribution < -0.4 is 5.56 Å². The van der Waals surface area contributed by atoms with Gasteiger partial charge in [-0.3, -0.25) is 9.69 Å². The number of aryl methyl sites for hydroxylation is 1. The Morgan fingerprint density at radius 2 is 2.15 bits per heavy atom. The van der Waals surface area contributed by atoms with E-state index < -0.39 is 10.0 Å². The molecule has 0 radical (unpaired) electrons. The number of likely N-dealkylation sites (tertiary alicyclic amines) is 1. The third-order valence-corrected chi connectivity index (χ3v) is 7.60. The molecular formula is C18H24N4O3S2. The van der Waals surface area contributed by atoms with Crippen LogP contribution in [0.4, 0.5) is 0 Å². The minimum absolute atomic E-state index is 0.0685. The number of aromatic amines is 1. The van der Waals surface area contributed by atoms with Gasteiger partial charge in [0.25, 0.3) is 5.56 Å². The zero-order valence-corrected chi connectivity index (χ0v) is 17.2. The van der Waals surface area contributed by atoms with Crippen LogP contribution in [0.1, 0.15) is 45.7 Å². The van der Waals surface area contributed by atoms with Gasteiger partial charge in [-0.15, -0.1) is 11.3 Å². The van der Waals surface area contributed by atoms with E-state index in [0.29, 0.717) is 30.0 Å². The van der Waals surface area contributed by atoms with Gasteiger partial charge >= 0.3 is 0 Å². The topological polar surface area (TPSA) is 86.4 Å². The van der Waals surface area contributed by atoms with Crippen molar-refractivity contribution in [1.29, 1.82) is 0 Å². The fraction of sp³-hybridized carbons (Fsp3) is 0.556. The van der Waals surface area contributed by atoms with E-state index in [1.807, 2.05) is 0 Å². The van der Waals surface area contributed by atoms with Crippen LogP contribution in [0.15, 0.2) is 16.9 Å². The quantitative estimate of drug-likeness (QED) is 0.834. The predicted molar refractivity (Wildman–Crippen MR) is 105 cm³/mol. The Morgan fingerprint density at radius 3 is 2.85 bits per heavy atom. The van der Waals surface area contributed by atoms with Gasteiger partial charge in [-0.1, -0.05) is 0 Å². The molecule has 2 aromatic rings. The number of hydrogen-bond acceptors (Lipinski definition) is 6. The van der Waals surface area contributed by atoms with Crippen molar-refractivity contribution in [2.24, 2.45) is 0 Å². The fourth-order valence-corrected chi connectivity index (χ4v) is 5.67. The van der Waals surface area contributed by atoms with Crippen LogP contribution in [0.25, 0.3) is 0 Å². The largest absolute Gasteiger partial charge is 0.309 e. The minimum atomic E-state index is -3.29. The first-order valence-corrected chi connectivity index (χ1v) is 11.8. The number of aromatic nitrogens is 2. The van der Waals surface area contributed by atoms with Gasteiger partial charge in [0.1, 0.15) is 5.82 Å². The number of sulfonamides is 1. The van der Waals surface area contributed by atoms with E-state index in [2.05, 4.69) is 28.9 Å². The van der Waals surface area contributed by atoms with E-state index in [1.54, 1.807) is 11.3 Å². The van der Waals surface area contributed by atoms with Gasteiger partial charge < -0.3 is 4.98 Å². The van der Waals surface area contributed by atoms with Gasteiger partial charge in [0.05, 0.1) is 24.5 Å². The monoisotopic (exact) mass is 408 g/mol. The van der Waals surface area contributed by atoms with Gasteiger partial charge in [0, 0.05) is 28.4 Å². The van der Waals surface area contributed by atoms with Crippen molar-refractivity contribution in [2.75, 3.05) is 19.3 Å². The number of H-pyrrole nitrogens is 1. The third kappa shape index (κ3) is 3.87. The van der Waals surface area contributed by atoms with Crippen molar-refractivity contribution < 1.29 is 8.42 Å². The Bertz CT molecular complexity index is 1010. The van der Waals surface area contributed by atoms with E-state index in [9.17, 15) is 13.2 Å². The van der Waals surface area contributed by atoms with Crippen molar-refractivity contribution >= 4 is 21.4 Å². The summed E-state index contributed by atoms with van der Waals surface area (Å²) in [5.74, 6) is 0.667. The second-order valence-electron chi connectivity index (χ2n) is 7.36. The Kier molecular flexibility index (Phi) is 4.96. The first-order valence-electron chi connectivity index (χ1n) is 9.18. The number of fused-ring (bicyclic) bond motifs is 1. The summed E-state index contributed by atoms with van der Waals surface area (Å²) < 4.78 is 25.2. The van der Waals surface area contributed by atoms with Crippen LogP contribution in [-0.2, 0) is 29.5 Å². The molecule has 9 heteroatoms. The first kappa shape index (κ1) is 18.8. The van der Waals surface area contributed by atoms with Crippen molar-refractivity contribution in [3.05, 3.63) is 49.3 Å². The zero-order chi connectivity index (χ0) is 19.2. The van der Waals surface area contributed by atoms with Crippen LogP contribution in [-0.4, -0.2) is 46.9 Å². The summed E-state index contributed by atoms with van der Waals surface area (Å²) in [5.41, 5.74) is 1.10. The molecule has 1 atom stereocenters. The Hall–Kier alpha value is -1.55. The lowest BCUT2D eigenvalue weighted by molar-refractivity contribution is 0.240. The maximum atomic E-state index is 12.6. The highest BCUT2D eigenvalue weighted by molar-refractivity contribution is 7.88. The average molecular weight is 409 g/mol. The summed E-state index contributed by atoms with van der Waals surface area (Å²) in [6, 6.07) is 4.35. The molecule has 0 aromatic carbocycles. The van der Waals surface area contributed by atoms with Gasteiger partial charge in [-0.2, -0.15) is 4.31 Å². The van der Waals surface area contributed by atoms with Crippen LogP contribution in [0.2, 0.25) is 0 Å². The molecule has 2 aromatic heterocycles. The molecule has 4 rings (SSSR count). The lowest BCUT2D eigenvalue weighted by Crippen LogP contribution is -2.39. The summed E-state index contributed by atoms with van der Waals surface area (Å²) >= 11 is 1.79. The Morgan fingerprint density at radius 1 is 1.33 bits per heavy atom. The maximum absolute atomic E-state index is 12.6. The fourth-order valence-electron chi connectivity index (χ4n) is 3.97. The van der Waals surface area contributed by atoms with E-state index in [1.165, 1.54) is 20.3 Å². The van der Waals surface area contributed by atoms with Crippen LogP contribution in [0, 0.1) is 6.92 Å². The molecule has 1 N–H and O–H groups in total. The van der Waals surface area contributed by atoms with Gasteiger partial charge in [0.2, 0.25) is 10.0 Å². The number of nitrogens with zero attached hydrogens (tertiary/aromatic N) is 3. The molecule has 0 spiro atoms. The maximum Gasteiger partial charge on any atom is 0.254 e. The number of hydrogen-bond donors (Lipinski definition) is 1. The molecule has 0 saturated carbocycles. The summed E-state index contributed by atoms with van der Waals surface area (Å²) in [7, 11) is -3.29. The summed E-state index contributed by atoms with van der Waals surface area (Å²) in [5, 5.41) is 0. The molecule has 1 unspecified atom stereocenters. The Balaban J connectivity index is 1.62. The van der Waals surface area contributed by atoms with Crippen molar-refractivity contribution in [3.63, 3.8) is 0 Å². The number of nitrogens with one attached hydrogen (secondary N) is 1. The molecular weight excluding hydrogens is 384 g/mol. The summed E-state index contributed by atoms with van der Waals surface area (Å²) in [6.45, 7) is 4.44. The van der Waals surface area contributed by atoms with Crippen LogP contribution in [0.3, 0.4) is 0 Å². The number of thiophene rings is 1. The lowest BCUT2D eigenvalue weighted by atomic mass is 10.1. The van der Waals surface area contributed by atoms with Gasteiger partial charge in [-0.05, 0) is 44.9 Å². The molecule has 1 saturated heterocycles. The molecule has 0 bridgehead atoms. The highest BCUT2D eigenvalue weighted by Gasteiger charge is 2.31. The molecule has 7 nitrogen and oxygen atoms in total. The van der Waals surface area contributed by atoms with E-state index >= 15 is 0 Å². The smallest absolute Gasteiger partial charge is 0.254 e. The Labute approximate surface area is 163 Å². The zero-order valence-electron chi connectivity index (χ0n) is 15.6. The second-order valence-corrected chi connectivity index (χ2v) is 10.7. The normalized spacial score (nSPS) is 21.5. The lowest BCUT2D eigenvalue weighted by Gasteiger charge is -2.27. The van der Waals surface area contributed by atoms with Crippen LogP contribution >= 0.6 is 11.3 Å². The second kappa shape index (κ2) is 7.12. The minimum Gasteiger partial charge on any atom is -0.309 e. The highest BCUT2D eigenvalue weighted by Crippen LogP contribution is 2.32. The van der Waals surface area contributed by atoms with E-state index in [-0.39, 0.29) is 18.1 Å². The molecule has 1 fully saturated rings. The molecule has 4 heterocycles. The van der Waals surface area contributed by atoms with Crippen molar-refractivity contribution in [3.8, 4) is 0 Å². The van der Waals surface area contributed by atoms with Gasteiger partial charge in [0.15, 0.2) is 0 Å². The van der Waals surface area contributed by atoms with Gasteiger partial charge in [-0.25, -0.2) is 13.4 Å². The molecule has 2 aliphatic rings.